The van der Waals surface area contributed by atoms with Gasteiger partial charge in [-0.2, -0.15) is 0 Å². The van der Waals surface area contributed by atoms with Crippen molar-refractivity contribution >= 4 is 40.3 Å². The maximum absolute atomic E-state index is 14.0. The molecule has 2 saturated heterocycles. The Morgan fingerprint density at radius 2 is 1.42 bits per heavy atom. The van der Waals surface area contributed by atoms with Gasteiger partial charge in [-0.05, 0) is 31.1 Å². The van der Waals surface area contributed by atoms with Gasteiger partial charge in [-0.25, -0.2) is 4.58 Å². The van der Waals surface area contributed by atoms with E-state index in [1.807, 2.05) is 24.3 Å². The summed E-state index contributed by atoms with van der Waals surface area (Å²) >= 11 is 0. The molecule has 4 aliphatic rings. The molecule has 1 aromatic rings. The molecular formula is C40H54N4O6. The molecule has 2 heterocycles. The summed E-state index contributed by atoms with van der Waals surface area (Å²) in [7, 11) is 0. The molecule has 5 rings (SSSR count). The zero-order valence-corrected chi connectivity index (χ0v) is 30.0. The van der Waals surface area contributed by atoms with E-state index in [0.717, 1.165) is 75.6 Å². The molecule has 2 amide bonds. The second-order valence-corrected chi connectivity index (χ2v) is 13.5. The van der Waals surface area contributed by atoms with Crippen LogP contribution in [0, 0.1) is 0 Å². The number of Topliss-reactive ketones (excluding diaryl/α,β-unsaturated/α-hetero) is 1. The Labute approximate surface area is 297 Å². The molecule has 0 spiro atoms. The van der Waals surface area contributed by atoms with E-state index in [4.69, 9.17) is 9.47 Å². The van der Waals surface area contributed by atoms with Gasteiger partial charge in [0.05, 0.1) is 24.6 Å². The van der Waals surface area contributed by atoms with Crippen molar-refractivity contribution in [2.45, 2.75) is 90.9 Å². The lowest BCUT2D eigenvalue weighted by atomic mass is 9.78. The van der Waals surface area contributed by atoms with E-state index >= 15 is 0 Å². The third-order valence-electron chi connectivity index (χ3n) is 9.77. The van der Waals surface area contributed by atoms with Gasteiger partial charge in [-0.15, -0.1) is 0 Å². The predicted octanol–water partition coefficient (Wildman–Crippen LogP) is 5.19. The number of rotatable bonds is 16. The van der Waals surface area contributed by atoms with E-state index in [1.165, 1.54) is 0 Å². The SMILES string of the molecule is CCCCCCCC(=O)NC1=CC(=[N+]2CCOCC2)C=C/C1=C1\C(=O)C(c2ccc(N3CCOCC3)cc2NC(=O)CCCCCCC)=C1[O-]. The summed E-state index contributed by atoms with van der Waals surface area (Å²) in [5.41, 5.74) is 3.67. The number of carbonyl (C=O) groups is 3. The highest BCUT2D eigenvalue weighted by Crippen LogP contribution is 2.42. The fourth-order valence-corrected chi connectivity index (χ4v) is 6.83. The molecule has 0 bridgehead atoms. The summed E-state index contributed by atoms with van der Waals surface area (Å²) in [6.45, 7) is 9.60. The molecular weight excluding hydrogens is 632 g/mol. The largest absolute Gasteiger partial charge is 0.871 e. The first kappa shape index (κ1) is 37.2. The van der Waals surface area contributed by atoms with Gasteiger partial charge in [0.2, 0.25) is 17.5 Å². The number of carbonyl (C=O) groups excluding carboxylic acids is 3. The molecule has 0 atom stereocenters. The molecule has 10 heteroatoms. The van der Waals surface area contributed by atoms with Crippen molar-refractivity contribution in [2.75, 3.05) is 62.8 Å². The number of allylic oxidation sites excluding steroid dienone is 5. The lowest BCUT2D eigenvalue weighted by Crippen LogP contribution is -2.36. The van der Waals surface area contributed by atoms with Gasteiger partial charge in [0.15, 0.2) is 18.9 Å². The Kier molecular flexibility index (Phi) is 14.0. The summed E-state index contributed by atoms with van der Waals surface area (Å²) < 4.78 is 13.2. The highest BCUT2D eigenvalue weighted by molar-refractivity contribution is 6.40. The van der Waals surface area contributed by atoms with Crippen LogP contribution in [0.1, 0.15) is 96.5 Å². The lowest BCUT2D eigenvalue weighted by molar-refractivity contribution is -0.547. The number of amides is 2. The molecule has 0 aromatic heterocycles. The number of ketones is 1. The van der Waals surface area contributed by atoms with Crippen LogP contribution >= 0.6 is 0 Å². The molecule has 270 valence electrons. The standard InChI is InChI=1S/C40H54N4O6/c1-3-5-7-9-11-13-35(45)41-33-27-29(43-19-23-49-24-20-43)15-17-31(33)37-39(47)38(40(37)48)32-18-16-30(44-21-25-50-26-22-44)28-34(32)42-36(46)14-12-10-8-6-4-2/h15-18,27-28H,3-14,19-26H2,1-2H3,(H2,41,42,45,46,47,48). The van der Waals surface area contributed by atoms with Crippen LogP contribution in [0.3, 0.4) is 0 Å². The molecule has 0 unspecified atom stereocenters. The van der Waals surface area contributed by atoms with E-state index in [9.17, 15) is 19.5 Å². The Hall–Kier alpha value is -4.02. The Morgan fingerprint density at radius 1 is 0.800 bits per heavy atom. The third-order valence-corrected chi connectivity index (χ3v) is 9.77. The number of ether oxygens (including phenoxy) is 2. The third kappa shape index (κ3) is 9.60. The maximum Gasteiger partial charge on any atom is 0.224 e. The summed E-state index contributed by atoms with van der Waals surface area (Å²) in [5, 5.41) is 20.1. The smallest absolute Gasteiger partial charge is 0.224 e. The summed E-state index contributed by atoms with van der Waals surface area (Å²) in [6.07, 6.45) is 16.6. The molecule has 0 radical (unpaired) electrons. The first-order chi connectivity index (χ1) is 24.4. The average molecular weight is 687 g/mol. The second-order valence-electron chi connectivity index (χ2n) is 13.5. The molecule has 2 N–H and O–H groups in total. The van der Waals surface area contributed by atoms with Gasteiger partial charge in [0.25, 0.3) is 0 Å². The zero-order valence-electron chi connectivity index (χ0n) is 30.0. The predicted molar refractivity (Wildman–Crippen MR) is 195 cm³/mol. The Balaban J connectivity index is 1.44. The van der Waals surface area contributed by atoms with Crippen LogP contribution in [-0.4, -0.2) is 80.5 Å². The van der Waals surface area contributed by atoms with Crippen LogP contribution in [0.5, 0.6) is 0 Å². The van der Waals surface area contributed by atoms with Crippen molar-refractivity contribution in [3.8, 4) is 0 Å². The van der Waals surface area contributed by atoms with Crippen LogP contribution in [0.2, 0.25) is 0 Å². The van der Waals surface area contributed by atoms with Crippen LogP contribution in [0.15, 0.2) is 59.0 Å². The van der Waals surface area contributed by atoms with Crippen molar-refractivity contribution in [1.82, 2.24) is 5.32 Å². The quantitative estimate of drug-likeness (QED) is 0.140. The second kappa shape index (κ2) is 18.8. The maximum atomic E-state index is 14.0. The van der Waals surface area contributed by atoms with Crippen molar-refractivity contribution in [2.24, 2.45) is 0 Å². The topological polar surface area (TPSA) is 123 Å². The molecule has 0 saturated carbocycles. The molecule has 1 aromatic carbocycles. The number of hydrogen-bond donors (Lipinski definition) is 2. The summed E-state index contributed by atoms with van der Waals surface area (Å²) in [6, 6.07) is 5.53. The van der Waals surface area contributed by atoms with Crippen molar-refractivity contribution in [3.63, 3.8) is 0 Å². The van der Waals surface area contributed by atoms with E-state index in [-0.39, 0.29) is 23.0 Å². The highest BCUT2D eigenvalue weighted by atomic mass is 16.5. The monoisotopic (exact) mass is 686 g/mol. The van der Waals surface area contributed by atoms with Crippen LogP contribution < -0.4 is 20.6 Å². The number of benzene rings is 1. The van der Waals surface area contributed by atoms with Gasteiger partial charge >= 0.3 is 0 Å². The lowest BCUT2D eigenvalue weighted by Gasteiger charge is -2.35. The number of nitrogens with one attached hydrogen (secondary N) is 2. The van der Waals surface area contributed by atoms with Crippen molar-refractivity contribution in [3.05, 3.63) is 64.6 Å². The van der Waals surface area contributed by atoms with Crippen molar-refractivity contribution < 1.29 is 33.5 Å². The van der Waals surface area contributed by atoms with Gasteiger partial charge in [-0.3, -0.25) is 14.4 Å². The van der Waals surface area contributed by atoms with Crippen molar-refractivity contribution in [1.29, 1.82) is 0 Å². The number of nitrogens with zero attached hydrogens (tertiary/aromatic N) is 2. The average Bonchev–Trinajstić information content (AvgIpc) is 3.13. The van der Waals surface area contributed by atoms with E-state index in [0.29, 0.717) is 88.0 Å². The molecule has 10 nitrogen and oxygen atoms in total. The highest BCUT2D eigenvalue weighted by Gasteiger charge is 2.35. The van der Waals surface area contributed by atoms with Gasteiger partial charge < -0.3 is 30.1 Å². The molecule has 2 aliphatic carbocycles. The summed E-state index contributed by atoms with van der Waals surface area (Å²) in [4.78, 5) is 42.4. The van der Waals surface area contributed by atoms with Crippen LogP contribution in [0.4, 0.5) is 11.4 Å². The zero-order chi connectivity index (χ0) is 35.3. The molecule has 2 aliphatic heterocycles. The fraction of sp³-hybridized carbons (Fsp3) is 0.550. The Bertz CT molecular complexity index is 1550. The van der Waals surface area contributed by atoms with E-state index < -0.39 is 11.5 Å². The van der Waals surface area contributed by atoms with Gasteiger partial charge in [-0.1, -0.05) is 77.0 Å². The minimum absolute atomic E-state index is 0.0530. The number of hydrogen-bond acceptors (Lipinski definition) is 7. The van der Waals surface area contributed by atoms with Gasteiger partial charge in [0, 0.05) is 66.1 Å². The van der Waals surface area contributed by atoms with Gasteiger partial charge in [0.1, 0.15) is 13.2 Å². The van der Waals surface area contributed by atoms with Crippen LogP contribution in [-0.2, 0) is 23.9 Å². The van der Waals surface area contributed by atoms with E-state index in [1.54, 1.807) is 12.1 Å². The van der Waals surface area contributed by atoms with E-state index in [2.05, 4.69) is 34.0 Å². The minimum atomic E-state index is -0.390. The van der Waals surface area contributed by atoms with Crippen LogP contribution in [0.25, 0.3) is 5.57 Å². The first-order valence-corrected chi connectivity index (χ1v) is 18.8. The Morgan fingerprint density at radius 3 is 2.06 bits per heavy atom. The molecule has 2 fully saturated rings. The molecule has 50 heavy (non-hydrogen) atoms. The normalized spacial score (nSPS) is 19.4. The number of morpholine rings is 2. The first-order valence-electron chi connectivity index (χ1n) is 18.8. The number of anilines is 2. The minimum Gasteiger partial charge on any atom is -0.871 e. The fourth-order valence-electron chi connectivity index (χ4n) is 6.83. The number of unbranched alkanes of at least 4 members (excludes halogenated alkanes) is 8. The summed E-state index contributed by atoms with van der Waals surface area (Å²) in [5.74, 6) is -1.05.